The van der Waals surface area contributed by atoms with Gasteiger partial charge in [0.05, 0.1) is 15.9 Å². The number of pyridine rings is 1. The van der Waals surface area contributed by atoms with Crippen LogP contribution in [0.1, 0.15) is 23.8 Å². The van der Waals surface area contributed by atoms with Gasteiger partial charge < -0.3 is 5.73 Å². The van der Waals surface area contributed by atoms with Crippen LogP contribution in [0.5, 0.6) is 0 Å². The average Bonchev–Trinajstić information content (AvgIpc) is 2.68. The highest BCUT2D eigenvalue weighted by atomic mass is 32.2. The molecule has 1 aliphatic rings. The van der Waals surface area contributed by atoms with Crippen LogP contribution in [0.3, 0.4) is 0 Å². The molecule has 14 heavy (non-hydrogen) atoms. The van der Waals surface area contributed by atoms with Crippen molar-refractivity contribution in [1.82, 2.24) is 4.98 Å². The summed E-state index contributed by atoms with van der Waals surface area (Å²) in [4.78, 5) is 4.98. The lowest BCUT2D eigenvalue weighted by molar-refractivity contribution is 0.788. The molecule has 2 unspecified atom stereocenters. The zero-order valence-electron chi connectivity index (χ0n) is 7.72. The summed E-state index contributed by atoms with van der Waals surface area (Å²) in [5.41, 5.74) is 6.78. The summed E-state index contributed by atoms with van der Waals surface area (Å²) < 4.78 is 0. The van der Waals surface area contributed by atoms with Crippen LogP contribution in [0.2, 0.25) is 0 Å². The largest absolute Gasteiger partial charge is 0.392 e. The van der Waals surface area contributed by atoms with Gasteiger partial charge in [0.2, 0.25) is 0 Å². The van der Waals surface area contributed by atoms with Crippen molar-refractivity contribution >= 4 is 29.0 Å². The molecule has 0 radical (unpaired) electrons. The second-order valence-electron chi connectivity index (χ2n) is 3.35. The van der Waals surface area contributed by atoms with Gasteiger partial charge in [-0.2, -0.15) is 0 Å². The van der Waals surface area contributed by atoms with E-state index in [4.69, 9.17) is 18.0 Å². The SMILES string of the molecule is NC(=S)C1CCC(c2ccccn2)S1. The number of thioether (sulfide) groups is 1. The van der Waals surface area contributed by atoms with Crippen molar-refractivity contribution in [3.05, 3.63) is 30.1 Å². The highest BCUT2D eigenvalue weighted by Gasteiger charge is 2.28. The van der Waals surface area contributed by atoms with E-state index in [9.17, 15) is 0 Å². The van der Waals surface area contributed by atoms with E-state index in [-0.39, 0.29) is 0 Å². The van der Waals surface area contributed by atoms with E-state index >= 15 is 0 Å². The predicted octanol–water partition coefficient (Wildman–Crippen LogP) is 2.30. The molecule has 74 valence electrons. The Hall–Kier alpha value is -0.610. The Morgan fingerprint density at radius 3 is 2.93 bits per heavy atom. The zero-order chi connectivity index (χ0) is 9.97. The van der Waals surface area contributed by atoms with Crippen LogP contribution < -0.4 is 5.73 Å². The molecule has 0 aliphatic carbocycles. The maximum absolute atomic E-state index is 5.63. The fourth-order valence-electron chi connectivity index (χ4n) is 1.63. The third-order valence-corrected chi connectivity index (χ3v) is 4.41. The van der Waals surface area contributed by atoms with E-state index in [2.05, 4.69) is 11.1 Å². The van der Waals surface area contributed by atoms with Crippen molar-refractivity contribution < 1.29 is 0 Å². The number of hydrogen-bond acceptors (Lipinski definition) is 3. The number of aromatic nitrogens is 1. The maximum Gasteiger partial charge on any atom is 0.0859 e. The normalized spacial score (nSPS) is 26.3. The predicted molar refractivity (Wildman–Crippen MR) is 64.4 cm³/mol. The van der Waals surface area contributed by atoms with Gasteiger partial charge in [0.25, 0.3) is 0 Å². The lowest BCUT2D eigenvalue weighted by Gasteiger charge is -2.09. The van der Waals surface area contributed by atoms with Gasteiger partial charge in [-0.15, -0.1) is 11.8 Å². The maximum atomic E-state index is 5.63. The fourth-order valence-corrected chi connectivity index (χ4v) is 3.27. The van der Waals surface area contributed by atoms with Crippen molar-refractivity contribution in [2.45, 2.75) is 23.3 Å². The fraction of sp³-hybridized carbons (Fsp3) is 0.400. The molecule has 1 fully saturated rings. The minimum absolute atomic E-state index is 0.344. The van der Waals surface area contributed by atoms with Crippen molar-refractivity contribution in [3.8, 4) is 0 Å². The smallest absolute Gasteiger partial charge is 0.0859 e. The molecule has 2 nitrogen and oxygen atoms in total. The Morgan fingerprint density at radius 1 is 1.50 bits per heavy atom. The Labute approximate surface area is 93.3 Å². The van der Waals surface area contributed by atoms with Gasteiger partial charge in [0, 0.05) is 11.4 Å². The van der Waals surface area contributed by atoms with E-state index < -0.39 is 0 Å². The molecule has 4 heteroatoms. The third-order valence-electron chi connectivity index (χ3n) is 2.35. The highest BCUT2D eigenvalue weighted by Crippen LogP contribution is 2.43. The van der Waals surface area contributed by atoms with Crippen LogP contribution in [-0.4, -0.2) is 15.2 Å². The first kappa shape index (κ1) is 9.93. The number of thiocarbonyl (C=S) groups is 1. The summed E-state index contributed by atoms with van der Waals surface area (Å²) in [5, 5.41) is 0.819. The molecular formula is C10H12N2S2. The molecule has 1 aromatic heterocycles. The first-order valence-corrected chi connectivity index (χ1v) is 5.98. The quantitative estimate of drug-likeness (QED) is 0.782. The van der Waals surface area contributed by atoms with Crippen molar-refractivity contribution in [3.63, 3.8) is 0 Å². The standard InChI is InChI=1S/C10H12N2S2/c11-10(13)9-5-4-8(14-9)7-3-1-2-6-12-7/h1-3,6,8-9H,4-5H2,(H2,11,13). The molecule has 1 saturated heterocycles. The molecule has 2 atom stereocenters. The van der Waals surface area contributed by atoms with Gasteiger partial charge in [0.1, 0.15) is 0 Å². The molecule has 2 heterocycles. The van der Waals surface area contributed by atoms with Gasteiger partial charge in [-0.05, 0) is 25.0 Å². The van der Waals surface area contributed by atoms with Crippen molar-refractivity contribution in [1.29, 1.82) is 0 Å². The second kappa shape index (κ2) is 4.28. The lowest BCUT2D eigenvalue weighted by atomic mass is 10.1. The molecule has 0 spiro atoms. The molecule has 0 amide bonds. The Balaban J connectivity index is 2.06. The van der Waals surface area contributed by atoms with Crippen LogP contribution in [0.4, 0.5) is 0 Å². The second-order valence-corrected chi connectivity index (χ2v) is 5.23. The monoisotopic (exact) mass is 224 g/mol. The molecule has 0 bridgehead atoms. The average molecular weight is 224 g/mol. The minimum atomic E-state index is 0.344. The van der Waals surface area contributed by atoms with Crippen LogP contribution >= 0.6 is 24.0 Å². The van der Waals surface area contributed by atoms with E-state index in [1.54, 1.807) is 0 Å². The summed E-state index contributed by atoms with van der Waals surface area (Å²) in [6.07, 6.45) is 4.05. The summed E-state index contributed by atoms with van der Waals surface area (Å²) in [7, 11) is 0. The molecule has 2 N–H and O–H groups in total. The van der Waals surface area contributed by atoms with Crippen LogP contribution in [0, 0.1) is 0 Å². The number of rotatable bonds is 2. The van der Waals surface area contributed by atoms with E-state index in [1.165, 1.54) is 0 Å². The van der Waals surface area contributed by atoms with Gasteiger partial charge >= 0.3 is 0 Å². The number of nitrogens with zero attached hydrogens (tertiary/aromatic N) is 1. The van der Waals surface area contributed by atoms with E-state index in [0.717, 1.165) is 18.5 Å². The number of hydrogen-bond donors (Lipinski definition) is 1. The van der Waals surface area contributed by atoms with Gasteiger partial charge in [-0.3, -0.25) is 4.98 Å². The van der Waals surface area contributed by atoms with Crippen molar-refractivity contribution in [2.24, 2.45) is 5.73 Å². The first-order chi connectivity index (χ1) is 6.77. The van der Waals surface area contributed by atoms with E-state index in [1.807, 2.05) is 30.1 Å². The Morgan fingerprint density at radius 2 is 2.36 bits per heavy atom. The van der Waals surface area contributed by atoms with Crippen LogP contribution in [0.25, 0.3) is 0 Å². The number of nitrogens with two attached hydrogens (primary N) is 1. The van der Waals surface area contributed by atoms with Crippen molar-refractivity contribution in [2.75, 3.05) is 0 Å². The van der Waals surface area contributed by atoms with Crippen LogP contribution in [0.15, 0.2) is 24.4 Å². The molecule has 0 aromatic carbocycles. The molecule has 2 rings (SSSR count). The van der Waals surface area contributed by atoms with Gasteiger partial charge in [-0.25, -0.2) is 0 Å². The summed E-state index contributed by atoms with van der Waals surface area (Å²) in [6.45, 7) is 0. The molecular weight excluding hydrogens is 212 g/mol. The Bertz CT molecular complexity index is 326. The summed E-state index contributed by atoms with van der Waals surface area (Å²) >= 11 is 6.84. The molecule has 1 aromatic rings. The molecule has 0 saturated carbocycles. The minimum Gasteiger partial charge on any atom is -0.392 e. The highest BCUT2D eigenvalue weighted by molar-refractivity contribution is 8.02. The summed E-state index contributed by atoms with van der Waals surface area (Å²) in [6, 6.07) is 6.03. The topological polar surface area (TPSA) is 38.9 Å². The van der Waals surface area contributed by atoms with Crippen LogP contribution in [-0.2, 0) is 0 Å². The lowest BCUT2D eigenvalue weighted by Crippen LogP contribution is -2.20. The van der Waals surface area contributed by atoms with Gasteiger partial charge in [-0.1, -0.05) is 18.3 Å². The zero-order valence-corrected chi connectivity index (χ0v) is 9.35. The van der Waals surface area contributed by atoms with Gasteiger partial charge in [0.15, 0.2) is 0 Å². The molecule has 1 aliphatic heterocycles. The Kier molecular flexibility index (Phi) is 3.03. The first-order valence-electron chi connectivity index (χ1n) is 4.63. The van der Waals surface area contributed by atoms with E-state index in [0.29, 0.717) is 15.5 Å². The third kappa shape index (κ3) is 2.07. The summed E-state index contributed by atoms with van der Waals surface area (Å²) in [5.74, 6) is 0.